The lowest BCUT2D eigenvalue weighted by Gasteiger charge is -2.07. The molecule has 4 nitrogen and oxygen atoms in total. The van der Waals surface area contributed by atoms with Gasteiger partial charge >= 0.3 is 0 Å². The molecule has 2 aromatic heterocycles. The van der Waals surface area contributed by atoms with Crippen molar-refractivity contribution in [2.45, 2.75) is 25.1 Å². The van der Waals surface area contributed by atoms with Crippen molar-refractivity contribution in [3.63, 3.8) is 0 Å². The molecule has 3 rings (SSSR count). The van der Waals surface area contributed by atoms with Crippen LogP contribution >= 0.6 is 11.8 Å². The van der Waals surface area contributed by atoms with Gasteiger partial charge in [0.2, 0.25) is 0 Å². The van der Waals surface area contributed by atoms with E-state index in [0.29, 0.717) is 0 Å². The van der Waals surface area contributed by atoms with Crippen LogP contribution in [0.4, 0.5) is 0 Å². The minimum absolute atomic E-state index is 0.270. The highest BCUT2D eigenvalue weighted by molar-refractivity contribution is 7.99. The molecule has 0 saturated heterocycles. The van der Waals surface area contributed by atoms with Gasteiger partial charge in [-0.2, -0.15) is 0 Å². The molecule has 3 aromatic rings. The third kappa shape index (κ3) is 2.64. The number of benzene rings is 1. The Labute approximate surface area is 122 Å². The van der Waals surface area contributed by atoms with Crippen molar-refractivity contribution >= 4 is 28.3 Å². The van der Waals surface area contributed by atoms with Crippen molar-refractivity contribution in [1.82, 2.24) is 14.6 Å². The number of fused-ring (bicyclic) bond motifs is 3. The molecule has 0 saturated carbocycles. The third-order valence-corrected chi connectivity index (χ3v) is 3.91. The summed E-state index contributed by atoms with van der Waals surface area (Å²) in [5.41, 5.74) is 2.03. The molecular weight excluding hydrogens is 270 g/mol. The quantitative estimate of drug-likeness (QED) is 0.532. The Balaban J connectivity index is 1.89. The SMILES string of the molecule is CC(C)OCCSc1nnc2ccc3ccccc3n12. The highest BCUT2D eigenvalue weighted by Gasteiger charge is 2.09. The fourth-order valence-corrected chi connectivity index (χ4v) is 2.90. The first-order valence-electron chi connectivity index (χ1n) is 6.73. The van der Waals surface area contributed by atoms with E-state index in [1.807, 2.05) is 32.0 Å². The molecule has 1 aromatic carbocycles. The molecule has 0 spiro atoms. The van der Waals surface area contributed by atoms with Crippen LogP contribution in [-0.4, -0.2) is 33.1 Å². The number of ether oxygens (including phenoxy) is 1. The highest BCUT2D eigenvalue weighted by atomic mass is 32.2. The largest absolute Gasteiger partial charge is 0.378 e. The molecule has 0 aliphatic heterocycles. The summed E-state index contributed by atoms with van der Waals surface area (Å²) in [7, 11) is 0. The van der Waals surface area contributed by atoms with Crippen LogP contribution in [0.5, 0.6) is 0 Å². The summed E-state index contributed by atoms with van der Waals surface area (Å²) in [6.45, 7) is 4.82. The van der Waals surface area contributed by atoms with Crippen LogP contribution in [0.15, 0.2) is 41.6 Å². The molecule has 104 valence electrons. The molecule has 5 heteroatoms. The van der Waals surface area contributed by atoms with E-state index in [1.165, 1.54) is 5.39 Å². The molecule has 0 unspecified atom stereocenters. The average Bonchev–Trinajstić information content (AvgIpc) is 2.87. The molecule has 2 heterocycles. The van der Waals surface area contributed by atoms with Crippen LogP contribution < -0.4 is 0 Å². The van der Waals surface area contributed by atoms with E-state index in [0.717, 1.165) is 28.7 Å². The Kier molecular flexibility index (Phi) is 3.89. The predicted octanol–water partition coefficient (Wildman–Crippen LogP) is 3.40. The lowest BCUT2D eigenvalue weighted by Crippen LogP contribution is -2.05. The van der Waals surface area contributed by atoms with Gasteiger partial charge in [0.15, 0.2) is 10.8 Å². The number of pyridine rings is 1. The van der Waals surface area contributed by atoms with Crippen molar-refractivity contribution < 1.29 is 4.74 Å². The zero-order chi connectivity index (χ0) is 13.9. The van der Waals surface area contributed by atoms with Crippen molar-refractivity contribution in [1.29, 1.82) is 0 Å². The molecule has 0 N–H and O–H groups in total. The maximum atomic E-state index is 5.56. The van der Waals surface area contributed by atoms with Gasteiger partial charge in [-0.25, -0.2) is 0 Å². The summed E-state index contributed by atoms with van der Waals surface area (Å²) in [5, 5.41) is 10.6. The lowest BCUT2D eigenvalue weighted by molar-refractivity contribution is 0.0920. The number of hydrogen-bond donors (Lipinski definition) is 0. The van der Waals surface area contributed by atoms with Gasteiger partial charge in [-0.1, -0.05) is 30.0 Å². The van der Waals surface area contributed by atoms with Crippen LogP contribution in [0.25, 0.3) is 16.6 Å². The van der Waals surface area contributed by atoms with Gasteiger partial charge < -0.3 is 4.74 Å². The summed E-state index contributed by atoms with van der Waals surface area (Å²) < 4.78 is 7.67. The van der Waals surface area contributed by atoms with Gasteiger partial charge in [0.05, 0.1) is 18.2 Å². The van der Waals surface area contributed by atoms with Gasteiger partial charge in [0, 0.05) is 5.75 Å². The van der Waals surface area contributed by atoms with E-state index in [4.69, 9.17) is 4.74 Å². The van der Waals surface area contributed by atoms with Crippen LogP contribution in [-0.2, 0) is 4.74 Å². The first kappa shape index (κ1) is 13.4. The first-order chi connectivity index (χ1) is 9.75. The van der Waals surface area contributed by atoms with Crippen LogP contribution in [0.1, 0.15) is 13.8 Å². The van der Waals surface area contributed by atoms with E-state index < -0.39 is 0 Å². The Morgan fingerprint density at radius 2 is 2.00 bits per heavy atom. The zero-order valence-electron chi connectivity index (χ0n) is 11.6. The molecular formula is C15H17N3OS. The van der Waals surface area contributed by atoms with E-state index in [2.05, 4.69) is 32.8 Å². The number of para-hydroxylation sites is 1. The van der Waals surface area contributed by atoms with E-state index >= 15 is 0 Å². The Morgan fingerprint density at radius 1 is 1.15 bits per heavy atom. The Morgan fingerprint density at radius 3 is 2.85 bits per heavy atom. The summed E-state index contributed by atoms with van der Waals surface area (Å²) in [5.74, 6) is 0.877. The van der Waals surface area contributed by atoms with Gasteiger partial charge in [-0.05, 0) is 37.4 Å². The molecule has 0 atom stereocenters. The second kappa shape index (κ2) is 5.81. The summed E-state index contributed by atoms with van der Waals surface area (Å²) >= 11 is 1.68. The first-order valence-corrected chi connectivity index (χ1v) is 7.71. The Bertz CT molecular complexity index is 723. The summed E-state index contributed by atoms with van der Waals surface area (Å²) in [4.78, 5) is 0. The van der Waals surface area contributed by atoms with Crippen LogP contribution in [0, 0.1) is 0 Å². The van der Waals surface area contributed by atoms with E-state index in [9.17, 15) is 0 Å². The predicted molar refractivity (Wildman–Crippen MR) is 82.3 cm³/mol. The minimum Gasteiger partial charge on any atom is -0.378 e. The van der Waals surface area contributed by atoms with E-state index in [-0.39, 0.29) is 6.10 Å². The second-order valence-corrected chi connectivity index (χ2v) is 5.90. The average molecular weight is 287 g/mol. The van der Waals surface area contributed by atoms with Gasteiger partial charge in [0.1, 0.15) is 0 Å². The monoisotopic (exact) mass is 287 g/mol. The highest BCUT2D eigenvalue weighted by Crippen LogP contribution is 2.22. The molecule has 0 fully saturated rings. The lowest BCUT2D eigenvalue weighted by atomic mass is 10.2. The fraction of sp³-hybridized carbons (Fsp3) is 0.333. The minimum atomic E-state index is 0.270. The number of thioether (sulfide) groups is 1. The molecule has 0 amide bonds. The van der Waals surface area contributed by atoms with Gasteiger partial charge in [0.25, 0.3) is 0 Å². The number of nitrogens with zero attached hydrogens (tertiary/aromatic N) is 3. The third-order valence-electron chi connectivity index (χ3n) is 3.01. The zero-order valence-corrected chi connectivity index (χ0v) is 12.4. The van der Waals surface area contributed by atoms with Crippen molar-refractivity contribution in [3.8, 4) is 0 Å². The number of hydrogen-bond acceptors (Lipinski definition) is 4. The van der Waals surface area contributed by atoms with Crippen LogP contribution in [0.3, 0.4) is 0 Å². The fourth-order valence-electron chi connectivity index (χ4n) is 2.12. The van der Waals surface area contributed by atoms with E-state index in [1.54, 1.807) is 11.8 Å². The van der Waals surface area contributed by atoms with Crippen molar-refractivity contribution in [2.75, 3.05) is 12.4 Å². The molecule has 0 aliphatic rings. The Hall–Kier alpha value is -1.59. The van der Waals surface area contributed by atoms with Crippen molar-refractivity contribution in [3.05, 3.63) is 36.4 Å². The molecule has 0 bridgehead atoms. The smallest absolute Gasteiger partial charge is 0.196 e. The maximum absolute atomic E-state index is 5.56. The number of rotatable bonds is 5. The second-order valence-electron chi connectivity index (χ2n) is 4.84. The van der Waals surface area contributed by atoms with Gasteiger partial charge in [-0.3, -0.25) is 4.40 Å². The molecule has 0 radical (unpaired) electrons. The van der Waals surface area contributed by atoms with Crippen LogP contribution in [0.2, 0.25) is 0 Å². The van der Waals surface area contributed by atoms with Gasteiger partial charge in [-0.15, -0.1) is 10.2 Å². The summed E-state index contributed by atoms with van der Waals surface area (Å²) in [6.07, 6.45) is 0.270. The summed E-state index contributed by atoms with van der Waals surface area (Å²) in [6, 6.07) is 12.4. The molecule has 20 heavy (non-hydrogen) atoms. The molecule has 0 aliphatic carbocycles. The topological polar surface area (TPSA) is 39.4 Å². The standard InChI is InChI=1S/C15H17N3OS/c1-11(2)19-9-10-20-15-17-16-14-8-7-12-5-3-4-6-13(12)18(14)15/h3-8,11H,9-10H2,1-2H3. The normalized spacial score (nSPS) is 11.8. The maximum Gasteiger partial charge on any atom is 0.196 e. The van der Waals surface area contributed by atoms with Crippen molar-refractivity contribution in [2.24, 2.45) is 0 Å². The number of aromatic nitrogens is 3.